The zero-order valence-corrected chi connectivity index (χ0v) is 22.4. The fraction of sp³-hybridized carbons (Fsp3) is 0.214. The first kappa shape index (κ1) is 24.9. The van der Waals surface area contributed by atoms with Gasteiger partial charge in [0, 0.05) is 48.7 Å². The maximum Gasteiger partial charge on any atom is 0.261 e. The maximum absolute atomic E-state index is 13.7. The SMILES string of the molecule is O=C(c1cc(Cl)c(Cl)c(Cl)c1)N1CCC2(CC1)CN(C(=O)c1cnn(-c3cccnc3)c1)c1ccccc12. The second kappa shape index (κ2) is 9.73. The van der Waals surface area contributed by atoms with Gasteiger partial charge in [-0.05, 0) is 48.7 Å². The van der Waals surface area contributed by atoms with Gasteiger partial charge in [-0.25, -0.2) is 4.68 Å². The summed E-state index contributed by atoms with van der Waals surface area (Å²) in [7, 11) is 0. The minimum Gasteiger partial charge on any atom is -0.339 e. The third-order valence-electron chi connectivity index (χ3n) is 7.45. The Balaban J connectivity index is 1.23. The largest absolute Gasteiger partial charge is 0.339 e. The number of likely N-dealkylation sites (tertiary alicyclic amines) is 1. The van der Waals surface area contributed by atoms with E-state index in [1.807, 2.05) is 40.1 Å². The molecule has 2 aliphatic heterocycles. The fourth-order valence-corrected chi connectivity index (χ4v) is 6.05. The van der Waals surface area contributed by atoms with Crippen LogP contribution in [-0.4, -0.2) is 51.1 Å². The van der Waals surface area contributed by atoms with Gasteiger partial charge < -0.3 is 9.80 Å². The number of piperidine rings is 1. The maximum atomic E-state index is 13.7. The van der Waals surface area contributed by atoms with Gasteiger partial charge in [-0.2, -0.15) is 5.10 Å². The van der Waals surface area contributed by atoms with E-state index in [4.69, 9.17) is 34.8 Å². The molecule has 0 radical (unpaired) electrons. The molecule has 2 aliphatic rings. The number of amides is 2. The second-order valence-corrected chi connectivity index (χ2v) is 10.8. The lowest BCUT2D eigenvalue weighted by Gasteiger charge is -2.40. The quantitative estimate of drug-likeness (QED) is 0.283. The number of hydrogen-bond acceptors (Lipinski definition) is 4. The number of halogens is 3. The number of carbonyl (C=O) groups is 2. The van der Waals surface area contributed by atoms with Gasteiger partial charge in [0.15, 0.2) is 0 Å². The van der Waals surface area contributed by atoms with Crippen LogP contribution in [0.3, 0.4) is 0 Å². The number of para-hydroxylation sites is 1. The second-order valence-electron chi connectivity index (χ2n) is 9.62. The van der Waals surface area contributed by atoms with Gasteiger partial charge in [-0.3, -0.25) is 14.6 Å². The van der Waals surface area contributed by atoms with Crippen molar-refractivity contribution in [2.24, 2.45) is 0 Å². The van der Waals surface area contributed by atoms with E-state index in [-0.39, 0.29) is 32.3 Å². The molecule has 1 fully saturated rings. The molecule has 4 aromatic rings. The number of anilines is 1. The summed E-state index contributed by atoms with van der Waals surface area (Å²) in [6.07, 6.45) is 8.16. The smallest absolute Gasteiger partial charge is 0.261 e. The van der Waals surface area contributed by atoms with E-state index in [9.17, 15) is 9.59 Å². The highest BCUT2D eigenvalue weighted by Gasteiger charge is 2.47. The average Bonchev–Trinajstić information content (AvgIpc) is 3.56. The van der Waals surface area contributed by atoms with Crippen molar-refractivity contribution in [1.29, 1.82) is 0 Å². The van der Waals surface area contributed by atoms with Crippen LogP contribution in [0.4, 0.5) is 5.69 Å². The van der Waals surface area contributed by atoms with E-state index < -0.39 is 0 Å². The van der Waals surface area contributed by atoms with E-state index in [0.717, 1.165) is 29.8 Å². The topological polar surface area (TPSA) is 71.3 Å². The van der Waals surface area contributed by atoms with Crippen molar-refractivity contribution >= 4 is 52.3 Å². The molecular weight excluding hydrogens is 545 g/mol. The summed E-state index contributed by atoms with van der Waals surface area (Å²) in [5.41, 5.74) is 3.50. The number of rotatable bonds is 3. The van der Waals surface area contributed by atoms with Gasteiger partial charge in [0.1, 0.15) is 0 Å². The lowest BCUT2D eigenvalue weighted by atomic mass is 9.74. The number of nitrogens with zero attached hydrogens (tertiary/aromatic N) is 5. The molecule has 2 aromatic heterocycles. The first-order chi connectivity index (χ1) is 18.4. The summed E-state index contributed by atoms with van der Waals surface area (Å²) in [6.45, 7) is 1.64. The minimum atomic E-state index is -0.238. The van der Waals surface area contributed by atoms with Crippen LogP contribution < -0.4 is 4.90 Å². The third kappa shape index (κ3) is 4.25. The molecule has 6 rings (SSSR count). The highest BCUT2D eigenvalue weighted by Crippen LogP contribution is 2.47. The molecular formula is C28H22Cl3N5O2. The third-order valence-corrected chi connectivity index (χ3v) is 8.65. The highest BCUT2D eigenvalue weighted by atomic mass is 35.5. The van der Waals surface area contributed by atoms with E-state index in [0.29, 0.717) is 30.8 Å². The molecule has 0 atom stereocenters. The Morgan fingerprint density at radius 1 is 0.868 bits per heavy atom. The van der Waals surface area contributed by atoms with E-state index in [1.54, 1.807) is 41.6 Å². The van der Waals surface area contributed by atoms with Crippen LogP contribution in [0, 0.1) is 0 Å². The summed E-state index contributed by atoms with van der Waals surface area (Å²) < 4.78 is 1.65. The summed E-state index contributed by atoms with van der Waals surface area (Å²) in [5, 5.41) is 5.11. The van der Waals surface area contributed by atoms with E-state index >= 15 is 0 Å². The number of carbonyl (C=O) groups excluding carboxylic acids is 2. The molecule has 2 amide bonds. The Kier molecular flexibility index (Phi) is 6.38. The molecule has 0 aliphatic carbocycles. The first-order valence-corrected chi connectivity index (χ1v) is 13.3. The van der Waals surface area contributed by atoms with Crippen LogP contribution in [0.15, 0.2) is 73.3 Å². The molecule has 7 nitrogen and oxygen atoms in total. The molecule has 38 heavy (non-hydrogen) atoms. The Labute approximate surface area is 234 Å². The van der Waals surface area contributed by atoms with Gasteiger partial charge in [-0.1, -0.05) is 53.0 Å². The predicted octanol–water partition coefficient (Wildman–Crippen LogP) is 6.06. The summed E-state index contributed by atoms with van der Waals surface area (Å²) >= 11 is 18.4. The van der Waals surface area contributed by atoms with Crippen LogP contribution >= 0.6 is 34.8 Å². The molecule has 0 saturated carbocycles. The van der Waals surface area contributed by atoms with Crippen LogP contribution in [0.5, 0.6) is 0 Å². The monoisotopic (exact) mass is 565 g/mol. The fourth-order valence-electron chi connectivity index (χ4n) is 5.46. The molecule has 192 valence electrons. The summed E-state index contributed by atoms with van der Waals surface area (Å²) in [6, 6.07) is 14.9. The number of pyridine rings is 1. The van der Waals surface area contributed by atoms with Crippen molar-refractivity contribution in [2.75, 3.05) is 24.5 Å². The molecule has 10 heteroatoms. The Morgan fingerprint density at radius 2 is 1.61 bits per heavy atom. The predicted molar refractivity (Wildman–Crippen MR) is 148 cm³/mol. The van der Waals surface area contributed by atoms with Gasteiger partial charge in [-0.15, -0.1) is 0 Å². The van der Waals surface area contributed by atoms with Crippen LogP contribution in [-0.2, 0) is 5.41 Å². The normalized spacial score (nSPS) is 16.1. The molecule has 0 unspecified atom stereocenters. The van der Waals surface area contributed by atoms with Gasteiger partial charge in [0.25, 0.3) is 11.8 Å². The number of benzene rings is 2. The van der Waals surface area contributed by atoms with Crippen molar-refractivity contribution in [3.05, 3.63) is 105 Å². The van der Waals surface area contributed by atoms with Crippen molar-refractivity contribution in [3.63, 3.8) is 0 Å². The lowest BCUT2D eigenvalue weighted by Crippen LogP contribution is -2.47. The Hall–Kier alpha value is -3.39. The van der Waals surface area contributed by atoms with Crippen molar-refractivity contribution in [1.82, 2.24) is 19.7 Å². The molecule has 1 saturated heterocycles. The molecule has 2 aromatic carbocycles. The molecule has 0 bridgehead atoms. The number of fused-ring (bicyclic) bond motifs is 2. The van der Waals surface area contributed by atoms with Crippen molar-refractivity contribution in [3.8, 4) is 5.69 Å². The summed E-state index contributed by atoms with van der Waals surface area (Å²) in [5.74, 6) is -0.240. The van der Waals surface area contributed by atoms with E-state index in [1.165, 1.54) is 0 Å². The van der Waals surface area contributed by atoms with Gasteiger partial charge in [0.2, 0.25) is 0 Å². The van der Waals surface area contributed by atoms with E-state index in [2.05, 4.69) is 16.1 Å². The molecule has 0 N–H and O–H groups in total. The Morgan fingerprint density at radius 3 is 2.32 bits per heavy atom. The minimum absolute atomic E-state index is 0.103. The molecule has 4 heterocycles. The summed E-state index contributed by atoms with van der Waals surface area (Å²) in [4.78, 5) is 34.7. The zero-order chi connectivity index (χ0) is 26.4. The van der Waals surface area contributed by atoms with Crippen molar-refractivity contribution < 1.29 is 9.59 Å². The van der Waals surface area contributed by atoms with Crippen LogP contribution in [0.25, 0.3) is 5.69 Å². The molecule has 1 spiro atoms. The van der Waals surface area contributed by atoms with Crippen LogP contribution in [0.1, 0.15) is 39.1 Å². The lowest BCUT2D eigenvalue weighted by molar-refractivity contribution is 0.0671. The number of aromatic nitrogens is 3. The zero-order valence-electron chi connectivity index (χ0n) is 20.2. The highest BCUT2D eigenvalue weighted by molar-refractivity contribution is 6.48. The first-order valence-electron chi connectivity index (χ1n) is 12.2. The number of hydrogen-bond donors (Lipinski definition) is 0. The van der Waals surface area contributed by atoms with Crippen LogP contribution in [0.2, 0.25) is 15.1 Å². The average molecular weight is 567 g/mol. The van der Waals surface area contributed by atoms with Crippen molar-refractivity contribution in [2.45, 2.75) is 18.3 Å². The van der Waals surface area contributed by atoms with Gasteiger partial charge >= 0.3 is 0 Å². The Bertz CT molecular complexity index is 1520. The van der Waals surface area contributed by atoms with Gasteiger partial charge in [0.05, 0.1) is 38.7 Å². The standard InChI is InChI=1S/C28H22Cl3N5O2/c29-22-12-18(13-23(30)25(22)31)26(37)34-10-7-28(8-11-34)17-35(24-6-2-1-5-21(24)28)27(38)19-14-33-36(16-19)20-4-3-9-32-15-20/h1-6,9,12-16H,7-8,10-11,17H2.